The SMILES string of the molecule is Cc1cc(-c2c(C)cc(F)cc2C)cc([C@@H](CC(=O)O)NC(=O)[C@@H](CC(C)C)n2cc(CCN3CC4CC(C3)O4)c(C(F)(F)F)cc2=O)c1F. The Kier molecular flexibility index (Phi) is 10.9. The number of halogens is 5. The van der Waals surface area contributed by atoms with Gasteiger partial charge in [-0.3, -0.25) is 19.3 Å². The van der Waals surface area contributed by atoms with Gasteiger partial charge in [0.1, 0.15) is 17.7 Å². The van der Waals surface area contributed by atoms with Crippen molar-refractivity contribution in [1.82, 2.24) is 14.8 Å². The Labute approximate surface area is 287 Å². The predicted octanol–water partition coefficient (Wildman–Crippen LogP) is 6.67. The van der Waals surface area contributed by atoms with E-state index in [1.165, 1.54) is 25.1 Å². The summed E-state index contributed by atoms with van der Waals surface area (Å²) < 4.78 is 79.0. The lowest BCUT2D eigenvalue weighted by Gasteiger charge is -2.47. The number of hydrogen-bond donors (Lipinski definition) is 2. The second-order valence-electron chi connectivity index (χ2n) is 14.0. The average molecular weight is 704 g/mol. The molecule has 0 spiro atoms. The van der Waals surface area contributed by atoms with Gasteiger partial charge in [-0.05, 0) is 97.2 Å². The molecule has 0 aliphatic carbocycles. The van der Waals surface area contributed by atoms with Crippen LogP contribution in [0.3, 0.4) is 0 Å². The van der Waals surface area contributed by atoms with Crippen LogP contribution >= 0.6 is 0 Å². The van der Waals surface area contributed by atoms with Gasteiger partial charge in [0.15, 0.2) is 0 Å². The number of pyridine rings is 1. The topological polar surface area (TPSA) is 101 Å². The highest BCUT2D eigenvalue weighted by Crippen LogP contribution is 2.36. The number of ether oxygens (including phenoxy) is 1. The Bertz CT molecular complexity index is 1800. The van der Waals surface area contributed by atoms with Crippen molar-refractivity contribution in [2.75, 3.05) is 19.6 Å². The van der Waals surface area contributed by atoms with Crippen LogP contribution in [0.2, 0.25) is 0 Å². The van der Waals surface area contributed by atoms with Gasteiger partial charge in [-0.1, -0.05) is 13.8 Å². The number of carbonyl (C=O) groups is 2. The van der Waals surface area contributed by atoms with Crippen molar-refractivity contribution in [3.63, 3.8) is 0 Å². The maximum atomic E-state index is 15.8. The summed E-state index contributed by atoms with van der Waals surface area (Å²) in [6.07, 6.45) is -3.44. The fraction of sp³-hybridized carbons (Fsp3) is 0.486. The van der Waals surface area contributed by atoms with Gasteiger partial charge in [-0.25, -0.2) is 8.78 Å². The lowest BCUT2D eigenvalue weighted by molar-refractivity contribution is -0.180. The third-order valence-corrected chi connectivity index (χ3v) is 9.47. The molecule has 3 aliphatic heterocycles. The molecule has 270 valence electrons. The summed E-state index contributed by atoms with van der Waals surface area (Å²) in [4.78, 5) is 41.4. The van der Waals surface area contributed by atoms with Gasteiger partial charge in [0.25, 0.3) is 5.56 Å². The summed E-state index contributed by atoms with van der Waals surface area (Å²) in [5, 5.41) is 12.4. The quantitative estimate of drug-likeness (QED) is 0.205. The number of aryl methyl sites for hydroxylation is 3. The van der Waals surface area contributed by atoms with Gasteiger partial charge < -0.3 is 19.7 Å². The molecule has 0 radical (unpaired) electrons. The first-order valence-electron chi connectivity index (χ1n) is 16.7. The molecule has 4 atom stereocenters. The first-order valence-corrected chi connectivity index (χ1v) is 16.7. The molecule has 3 saturated heterocycles. The fourth-order valence-electron chi connectivity index (χ4n) is 7.23. The van der Waals surface area contributed by atoms with E-state index in [1.54, 1.807) is 33.8 Å². The monoisotopic (exact) mass is 703 g/mol. The first kappa shape index (κ1) is 37.2. The number of benzene rings is 2. The Morgan fingerprint density at radius 3 is 2.18 bits per heavy atom. The second-order valence-corrected chi connectivity index (χ2v) is 14.0. The molecule has 3 aliphatic rings. The first-order chi connectivity index (χ1) is 23.4. The van der Waals surface area contributed by atoms with Gasteiger partial charge in [0.2, 0.25) is 5.91 Å². The molecular formula is C37H42F5N3O5. The van der Waals surface area contributed by atoms with Crippen molar-refractivity contribution in [2.24, 2.45) is 5.92 Å². The zero-order valence-corrected chi connectivity index (χ0v) is 28.7. The standard InChI is InChI=1S/C37H42F5N3O5/c1-19(2)8-31(45-16-23(29(14-32(45)46)37(40,41)42)6-7-44-17-26-13-27(18-44)50-26)36(49)43-30(15-33(47)48)28-12-24(9-22(5)35(28)39)34-20(3)10-25(38)11-21(34)4/h9-12,14,16,19,26-27,30-31H,6-8,13,15,17-18H2,1-5H3,(H,43,49)(H,47,48)/t26?,27?,30-,31-/m1/s1. The van der Waals surface area contributed by atoms with Crippen molar-refractivity contribution < 1.29 is 41.4 Å². The van der Waals surface area contributed by atoms with Crippen molar-refractivity contribution in [3.8, 4) is 11.1 Å². The number of aliphatic carboxylic acids is 1. The highest BCUT2D eigenvalue weighted by Gasteiger charge is 2.39. The highest BCUT2D eigenvalue weighted by atomic mass is 19.4. The smallest absolute Gasteiger partial charge is 0.416 e. The third kappa shape index (κ3) is 8.26. The van der Waals surface area contributed by atoms with Crippen LogP contribution in [-0.4, -0.2) is 58.3 Å². The van der Waals surface area contributed by atoms with E-state index in [-0.39, 0.29) is 47.7 Å². The van der Waals surface area contributed by atoms with Crippen LogP contribution in [0.4, 0.5) is 22.0 Å². The van der Waals surface area contributed by atoms with Gasteiger partial charge in [0, 0.05) is 43.9 Å². The molecule has 2 unspecified atom stereocenters. The molecule has 2 bridgehead atoms. The zero-order chi connectivity index (χ0) is 36.7. The van der Waals surface area contributed by atoms with Gasteiger partial charge in [-0.15, -0.1) is 0 Å². The van der Waals surface area contributed by atoms with E-state index < -0.39 is 59.3 Å². The molecule has 0 saturated carbocycles. The van der Waals surface area contributed by atoms with Crippen LogP contribution in [0.5, 0.6) is 0 Å². The Balaban J connectivity index is 1.51. The predicted molar refractivity (Wildman–Crippen MR) is 177 cm³/mol. The fourth-order valence-corrected chi connectivity index (χ4v) is 7.23. The van der Waals surface area contributed by atoms with Gasteiger partial charge in [0.05, 0.1) is 30.2 Å². The number of nitrogens with one attached hydrogen (secondary N) is 1. The van der Waals surface area contributed by atoms with E-state index in [0.29, 0.717) is 48.0 Å². The van der Waals surface area contributed by atoms with Crippen molar-refractivity contribution in [1.29, 1.82) is 0 Å². The van der Waals surface area contributed by atoms with E-state index in [9.17, 15) is 37.1 Å². The van der Waals surface area contributed by atoms with Crippen molar-refractivity contribution in [2.45, 2.75) is 90.8 Å². The van der Waals surface area contributed by atoms with E-state index in [1.807, 2.05) is 4.90 Å². The molecule has 6 rings (SSSR count). The van der Waals surface area contributed by atoms with E-state index in [4.69, 9.17) is 4.74 Å². The molecule has 3 aromatic rings. The molecule has 50 heavy (non-hydrogen) atoms. The average Bonchev–Trinajstić information content (AvgIpc) is 2.99. The maximum absolute atomic E-state index is 15.8. The number of carboxylic acid groups (broad SMARTS) is 1. The number of alkyl halides is 3. The lowest BCUT2D eigenvalue weighted by atomic mass is 9.90. The number of carboxylic acids is 1. The minimum Gasteiger partial charge on any atom is -0.481 e. The Hall–Kier alpha value is -4.10. The van der Waals surface area contributed by atoms with Crippen LogP contribution in [0.1, 0.15) is 78.6 Å². The van der Waals surface area contributed by atoms with Gasteiger partial charge >= 0.3 is 12.1 Å². The normalized spacial score (nSPS) is 18.9. The number of aromatic nitrogens is 1. The molecular weight excluding hydrogens is 661 g/mol. The van der Waals surface area contributed by atoms with Crippen LogP contribution in [0, 0.1) is 38.3 Å². The number of nitrogens with zero attached hydrogens (tertiary/aromatic N) is 2. The summed E-state index contributed by atoms with van der Waals surface area (Å²) in [6.45, 7) is 9.90. The van der Waals surface area contributed by atoms with Gasteiger partial charge in [-0.2, -0.15) is 13.2 Å². The highest BCUT2D eigenvalue weighted by molar-refractivity contribution is 5.82. The minimum absolute atomic E-state index is 0.0265. The summed E-state index contributed by atoms with van der Waals surface area (Å²) in [5.74, 6) is -3.61. The van der Waals surface area contributed by atoms with Crippen LogP contribution in [-0.2, 0) is 26.9 Å². The summed E-state index contributed by atoms with van der Waals surface area (Å²) in [7, 11) is 0. The molecule has 2 N–H and O–H groups in total. The van der Waals surface area contributed by atoms with Crippen LogP contribution in [0.25, 0.3) is 11.1 Å². The minimum atomic E-state index is -4.81. The molecule has 13 heteroatoms. The number of piperidine rings is 1. The van der Waals surface area contributed by atoms with Crippen LogP contribution < -0.4 is 10.9 Å². The Morgan fingerprint density at radius 2 is 1.62 bits per heavy atom. The van der Waals surface area contributed by atoms with Crippen molar-refractivity contribution >= 4 is 11.9 Å². The zero-order valence-electron chi connectivity index (χ0n) is 28.7. The maximum Gasteiger partial charge on any atom is 0.416 e. The molecule has 1 amide bonds. The molecule has 4 heterocycles. The van der Waals surface area contributed by atoms with E-state index in [2.05, 4.69) is 5.32 Å². The largest absolute Gasteiger partial charge is 0.481 e. The number of amides is 1. The summed E-state index contributed by atoms with van der Waals surface area (Å²) >= 11 is 0. The van der Waals surface area contributed by atoms with E-state index >= 15 is 4.39 Å². The number of hydrogen-bond acceptors (Lipinski definition) is 5. The number of carbonyl (C=O) groups excluding carboxylic acids is 1. The summed E-state index contributed by atoms with van der Waals surface area (Å²) in [5.41, 5.74) is -0.0147. The van der Waals surface area contributed by atoms with E-state index in [0.717, 1.165) is 17.2 Å². The number of fused-ring (bicyclic) bond motifs is 2. The molecule has 1 aromatic heterocycles. The third-order valence-electron chi connectivity index (χ3n) is 9.47. The number of rotatable bonds is 12. The molecule has 2 aromatic carbocycles. The summed E-state index contributed by atoms with van der Waals surface area (Å²) in [6, 6.07) is 3.38. The van der Waals surface area contributed by atoms with Crippen molar-refractivity contribution in [3.05, 3.63) is 91.9 Å². The lowest BCUT2D eigenvalue weighted by Crippen LogP contribution is -2.57. The molecule has 8 nitrogen and oxygen atoms in total. The van der Waals surface area contributed by atoms with Crippen LogP contribution in [0.15, 0.2) is 41.3 Å². The Morgan fingerprint density at radius 1 is 1.00 bits per heavy atom. The molecule has 3 fully saturated rings. The number of morpholine rings is 1. The second kappa shape index (κ2) is 14.6.